The van der Waals surface area contributed by atoms with Gasteiger partial charge in [-0.05, 0) is 12.8 Å². The molecule has 0 aromatic carbocycles. The Morgan fingerprint density at radius 3 is 1.44 bits per heavy atom. The highest BCUT2D eigenvalue weighted by Gasteiger charge is 2.10. The molecule has 0 aromatic rings. The molecule has 0 heterocycles. The van der Waals surface area contributed by atoms with Crippen molar-refractivity contribution in [3.8, 4) is 0 Å². The SMILES string of the molecule is CCCCCCCCCCCCOC(=O)CC(=O)CCCCCCCCC. The topological polar surface area (TPSA) is 43.4 Å². The van der Waals surface area contributed by atoms with Gasteiger partial charge in [0.15, 0.2) is 0 Å². The van der Waals surface area contributed by atoms with Crippen LogP contribution < -0.4 is 0 Å². The highest BCUT2D eigenvalue weighted by atomic mass is 16.5. The molecule has 3 nitrogen and oxygen atoms in total. The molecule has 0 amide bonds. The largest absolute Gasteiger partial charge is 0.465 e. The first-order chi connectivity index (χ1) is 13.2. The van der Waals surface area contributed by atoms with Crippen molar-refractivity contribution in [2.75, 3.05) is 6.61 Å². The van der Waals surface area contributed by atoms with Crippen LogP contribution in [0.2, 0.25) is 0 Å². The first-order valence-corrected chi connectivity index (χ1v) is 11.9. The number of hydrogen-bond acceptors (Lipinski definition) is 3. The number of ether oxygens (including phenoxy) is 1. The number of hydrogen-bond donors (Lipinski definition) is 0. The molecule has 160 valence electrons. The molecule has 27 heavy (non-hydrogen) atoms. The molecular formula is C24H46O3. The van der Waals surface area contributed by atoms with Crippen molar-refractivity contribution in [1.82, 2.24) is 0 Å². The summed E-state index contributed by atoms with van der Waals surface area (Å²) in [5.74, 6) is -0.296. The second-order valence-electron chi connectivity index (χ2n) is 7.99. The summed E-state index contributed by atoms with van der Waals surface area (Å²) >= 11 is 0. The number of ketones is 1. The van der Waals surface area contributed by atoms with E-state index in [-0.39, 0.29) is 18.2 Å². The quantitative estimate of drug-likeness (QED) is 0.117. The number of rotatable bonds is 21. The van der Waals surface area contributed by atoms with Crippen molar-refractivity contribution < 1.29 is 14.3 Å². The van der Waals surface area contributed by atoms with Crippen LogP contribution in [-0.4, -0.2) is 18.4 Å². The van der Waals surface area contributed by atoms with Crippen LogP contribution in [0, 0.1) is 0 Å². The molecule has 0 spiro atoms. The van der Waals surface area contributed by atoms with Crippen molar-refractivity contribution in [2.45, 2.75) is 136 Å². The van der Waals surface area contributed by atoms with E-state index in [4.69, 9.17) is 4.74 Å². The maximum absolute atomic E-state index is 11.8. The van der Waals surface area contributed by atoms with Gasteiger partial charge in [-0.2, -0.15) is 0 Å². The molecule has 0 N–H and O–H groups in total. The van der Waals surface area contributed by atoms with Crippen LogP contribution in [-0.2, 0) is 14.3 Å². The lowest BCUT2D eigenvalue weighted by atomic mass is 10.1. The minimum atomic E-state index is -0.334. The molecule has 0 aliphatic rings. The van der Waals surface area contributed by atoms with Gasteiger partial charge in [-0.3, -0.25) is 9.59 Å². The lowest BCUT2D eigenvalue weighted by molar-refractivity contribution is -0.146. The Kier molecular flexibility index (Phi) is 20.8. The Hall–Kier alpha value is -0.860. The molecule has 0 bridgehead atoms. The minimum absolute atomic E-state index is 0.0341. The second kappa shape index (κ2) is 21.4. The van der Waals surface area contributed by atoms with Gasteiger partial charge in [-0.1, -0.05) is 110 Å². The van der Waals surface area contributed by atoms with Crippen LogP contribution in [0.4, 0.5) is 0 Å². The Labute approximate surface area is 169 Å². The van der Waals surface area contributed by atoms with Crippen LogP contribution >= 0.6 is 0 Å². The summed E-state index contributed by atoms with van der Waals surface area (Å²) in [5, 5.41) is 0. The van der Waals surface area contributed by atoms with Crippen LogP contribution in [0.3, 0.4) is 0 Å². The third-order valence-corrected chi connectivity index (χ3v) is 5.16. The molecule has 0 aliphatic carbocycles. The molecule has 0 unspecified atom stereocenters. The summed E-state index contributed by atoms with van der Waals surface area (Å²) in [5.41, 5.74) is 0. The summed E-state index contributed by atoms with van der Waals surface area (Å²) in [7, 11) is 0. The van der Waals surface area contributed by atoms with Gasteiger partial charge in [0.25, 0.3) is 0 Å². The number of unbranched alkanes of at least 4 members (excludes halogenated alkanes) is 15. The van der Waals surface area contributed by atoms with Gasteiger partial charge in [0.1, 0.15) is 12.2 Å². The minimum Gasteiger partial charge on any atom is -0.465 e. The molecule has 3 heteroatoms. The first kappa shape index (κ1) is 26.1. The van der Waals surface area contributed by atoms with E-state index in [2.05, 4.69) is 13.8 Å². The van der Waals surface area contributed by atoms with E-state index in [1.54, 1.807) is 0 Å². The predicted molar refractivity (Wildman–Crippen MR) is 115 cm³/mol. The Morgan fingerprint density at radius 1 is 0.556 bits per heavy atom. The fourth-order valence-electron chi connectivity index (χ4n) is 3.36. The van der Waals surface area contributed by atoms with E-state index in [1.165, 1.54) is 83.5 Å². The molecule has 0 saturated heterocycles. The Bertz CT molecular complexity index is 339. The zero-order chi connectivity index (χ0) is 20.0. The van der Waals surface area contributed by atoms with Gasteiger partial charge in [0, 0.05) is 6.42 Å². The van der Waals surface area contributed by atoms with Crippen LogP contribution in [0.25, 0.3) is 0 Å². The van der Waals surface area contributed by atoms with Crippen molar-refractivity contribution in [3.05, 3.63) is 0 Å². The van der Waals surface area contributed by atoms with E-state index in [0.29, 0.717) is 13.0 Å². The zero-order valence-electron chi connectivity index (χ0n) is 18.4. The predicted octanol–water partition coefficient (Wildman–Crippen LogP) is 7.55. The van der Waals surface area contributed by atoms with Gasteiger partial charge >= 0.3 is 5.97 Å². The van der Waals surface area contributed by atoms with Crippen LogP contribution in [0.1, 0.15) is 136 Å². The highest BCUT2D eigenvalue weighted by molar-refractivity contribution is 5.95. The summed E-state index contributed by atoms with van der Waals surface area (Å²) in [6.07, 6.45) is 21.5. The number of carbonyl (C=O) groups is 2. The monoisotopic (exact) mass is 382 g/mol. The van der Waals surface area contributed by atoms with E-state index in [0.717, 1.165) is 25.7 Å². The summed E-state index contributed by atoms with van der Waals surface area (Å²) in [6.45, 7) is 4.94. The molecule has 0 radical (unpaired) electrons. The van der Waals surface area contributed by atoms with Gasteiger partial charge in [0.05, 0.1) is 6.61 Å². The van der Waals surface area contributed by atoms with E-state index < -0.39 is 0 Å². The fourth-order valence-corrected chi connectivity index (χ4v) is 3.36. The molecular weight excluding hydrogens is 336 g/mol. The van der Waals surface area contributed by atoms with Gasteiger partial charge in [-0.15, -0.1) is 0 Å². The van der Waals surface area contributed by atoms with E-state index in [1.807, 2.05) is 0 Å². The molecule has 0 aliphatic heterocycles. The van der Waals surface area contributed by atoms with Crippen molar-refractivity contribution in [1.29, 1.82) is 0 Å². The standard InChI is InChI=1S/C24H46O3/c1-3-5-7-9-11-12-13-15-17-19-21-27-24(26)22-23(25)20-18-16-14-10-8-6-4-2/h3-22H2,1-2H3. The van der Waals surface area contributed by atoms with Gasteiger partial charge in [0.2, 0.25) is 0 Å². The van der Waals surface area contributed by atoms with E-state index >= 15 is 0 Å². The van der Waals surface area contributed by atoms with E-state index in [9.17, 15) is 9.59 Å². The number of esters is 1. The maximum atomic E-state index is 11.8. The van der Waals surface area contributed by atoms with Crippen LogP contribution in [0.15, 0.2) is 0 Å². The van der Waals surface area contributed by atoms with Gasteiger partial charge < -0.3 is 4.74 Å². The zero-order valence-corrected chi connectivity index (χ0v) is 18.4. The maximum Gasteiger partial charge on any atom is 0.313 e. The third-order valence-electron chi connectivity index (χ3n) is 5.16. The smallest absolute Gasteiger partial charge is 0.313 e. The Balaban J connectivity index is 3.32. The lowest BCUT2D eigenvalue weighted by Crippen LogP contribution is -2.12. The summed E-state index contributed by atoms with van der Waals surface area (Å²) in [6, 6.07) is 0. The van der Waals surface area contributed by atoms with Crippen molar-refractivity contribution in [3.63, 3.8) is 0 Å². The normalized spacial score (nSPS) is 10.9. The molecule has 0 fully saturated rings. The number of carbonyl (C=O) groups excluding carboxylic acids is 2. The lowest BCUT2D eigenvalue weighted by Gasteiger charge is -2.05. The average molecular weight is 383 g/mol. The molecule has 0 saturated carbocycles. The fraction of sp³-hybridized carbons (Fsp3) is 0.917. The highest BCUT2D eigenvalue weighted by Crippen LogP contribution is 2.11. The molecule has 0 atom stereocenters. The number of Topliss-reactive ketones (excluding diaryl/α,β-unsaturated/α-hetero) is 1. The first-order valence-electron chi connectivity index (χ1n) is 11.9. The van der Waals surface area contributed by atoms with Crippen LogP contribution in [0.5, 0.6) is 0 Å². The summed E-state index contributed by atoms with van der Waals surface area (Å²) in [4.78, 5) is 23.5. The second-order valence-corrected chi connectivity index (χ2v) is 7.99. The Morgan fingerprint density at radius 2 is 0.963 bits per heavy atom. The summed E-state index contributed by atoms with van der Waals surface area (Å²) < 4.78 is 5.20. The third kappa shape index (κ3) is 21.3. The molecule has 0 aromatic heterocycles. The van der Waals surface area contributed by atoms with Crippen molar-refractivity contribution in [2.24, 2.45) is 0 Å². The molecule has 0 rings (SSSR count). The van der Waals surface area contributed by atoms with Crippen molar-refractivity contribution >= 4 is 11.8 Å². The average Bonchev–Trinajstić information content (AvgIpc) is 2.65. The van der Waals surface area contributed by atoms with Gasteiger partial charge in [-0.25, -0.2) is 0 Å².